The fraction of sp³-hybridized carbons (Fsp3) is 0.732. The Morgan fingerprint density at radius 2 is 0.762 bits per heavy atom. The van der Waals surface area contributed by atoms with Gasteiger partial charge >= 0.3 is 7.82 Å². The molecule has 0 spiro atoms. The summed E-state index contributed by atoms with van der Waals surface area (Å²) in [6.07, 6.45) is 89.4. The van der Waals surface area contributed by atoms with Crippen LogP contribution >= 0.6 is 7.82 Å². The number of rotatable bonds is 60. The van der Waals surface area contributed by atoms with Crippen molar-refractivity contribution in [3.05, 3.63) is 109 Å². The maximum Gasteiger partial charge on any atom is 0.472 e. The van der Waals surface area contributed by atoms with Crippen molar-refractivity contribution in [1.82, 2.24) is 5.32 Å². The van der Waals surface area contributed by atoms with E-state index in [2.05, 4.69) is 116 Å². The highest BCUT2D eigenvalue weighted by Crippen LogP contribution is 2.43. The molecule has 0 heterocycles. The average molecular weight is 1140 g/mol. The monoisotopic (exact) mass is 1140 g/mol. The number of hydrogen-bond acceptors (Lipinski definition) is 5. The van der Waals surface area contributed by atoms with Crippen LogP contribution in [0.2, 0.25) is 0 Å². The minimum Gasteiger partial charge on any atom is -0.387 e. The number of carbonyl (C=O) groups excluding carboxylic acids is 1. The molecule has 0 fully saturated rings. The van der Waals surface area contributed by atoms with Gasteiger partial charge in [0.05, 0.1) is 39.9 Å². The second kappa shape index (κ2) is 60.7. The van der Waals surface area contributed by atoms with Crippen LogP contribution in [-0.4, -0.2) is 73.4 Å². The van der Waals surface area contributed by atoms with E-state index in [1.807, 2.05) is 27.2 Å². The molecule has 0 aromatic rings. The number of amides is 1. The summed E-state index contributed by atoms with van der Waals surface area (Å²) in [6, 6.07) is -0.878. The van der Waals surface area contributed by atoms with Gasteiger partial charge in [-0.15, -0.1) is 0 Å². The molecule has 80 heavy (non-hydrogen) atoms. The van der Waals surface area contributed by atoms with E-state index in [0.717, 1.165) is 83.5 Å². The van der Waals surface area contributed by atoms with Crippen LogP contribution in [0.4, 0.5) is 0 Å². The standard InChI is InChI=1S/C71H127N2O6P/c1-6-8-10-12-14-16-18-20-22-24-26-28-30-32-33-34-35-36-37-38-39-41-43-45-47-49-51-53-55-57-59-61-63-65-71(75)72-69(68-79-80(76,77)78-67-66-73(3,4)5)70(74)64-62-60-58-56-54-52-50-48-46-44-42-40-31-29-27-25-23-21-19-17-15-13-11-9-7-2/h8,10,14,16,20,22,26,28,32-33,35-36,46,48,54,56,62,64,69-70,74H,6-7,9,11-13,15,17-19,21,23-25,27,29-31,34,37-45,47,49-53,55,57-61,63,65-68H2,1-5H3,(H-,72,75,76,77)/p+1/b10-8-,16-14-,22-20-,28-26-,33-32-,36-35-,48-46+,56-54+,64-62+. The van der Waals surface area contributed by atoms with Gasteiger partial charge in [0.1, 0.15) is 13.2 Å². The fourth-order valence-electron chi connectivity index (χ4n) is 9.31. The first-order valence-corrected chi connectivity index (χ1v) is 34.8. The molecule has 0 rings (SSSR count). The highest BCUT2D eigenvalue weighted by Gasteiger charge is 2.27. The zero-order chi connectivity index (χ0) is 58.4. The molecule has 3 unspecified atom stereocenters. The topological polar surface area (TPSA) is 105 Å². The van der Waals surface area contributed by atoms with Crippen molar-refractivity contribution in [2.45, 2.75) is 296 Å². The molecule has 0 saturated heterocycles. The van der Waals surface area contributed by atoms with E-state index in [4.69, 9.17) is 9.05 Å². The number of phosphoric acid groups is 1. The summed E-state index contributed by atoms with van der Waals surface area (Å²) >= 11 is 0. The highest BCUT2D eigenvalue weighted by atomic mass is 31.2. The van der Waals surface area contributed by atoms with Gasteiger partial charge in [0, 0.05) is 6.42 Å². The van der Waals surface area contributed by atoms with Crippen LogP contribution in [0.1, 0.15) is 284 Å². The number of unbranched alkanes of at least 4 members (excludes halogenated alkanes) is 31. The Kier molecular flexibility index (Phi) is 58.6. The quantitative estimate of drug-likeness (QED) is 0.0243. The molecule has 3 N–H and O–H groups in total. The van der Waals surface area contributed by atoms with Crippen LogP contribution in [0.25, 0.3) is 0 Å². The van der Waals surface area contributed by atoms with Gasteiger partial charge in [0.15, 0.2) is 0 Å². The predicted molar refractivity (Wildman–Crippen MR) is 350 cm³/mol. The summed E-state index contributed by atoms with van der Waals surface area (Å²) in [5, 5.41) is 14.0. The number of phosphoric ester groups is 1. The summed E-state index contributed by atoms with van der Waals surface area (Å²) in [4.78, 5) is 23.4. The molecule has 0 radical (unpaired) electrons. The van der Waals surface area contributed by atoms with E-state index in [9.17, 15) is 19.4 Å². The number of carbonyl (C=O) groups is 1. The fourth-order valence-corrected chi connectivity index (χ4v) is 10.1. The number of quaternary nitrogens is 1. The van der Waals surface area contributed by atoms with Crippen molar-refractivity contribution in [3.8, 4) is 0 Å². The Hall–Kier alpha value is -2.84. The van der Waals surface area contributed by atoms with Gasteiger partial charge in [0.2, 0.25) is 5.91 Å². The summed E-state index contributed by atoms with van der Waals surface area (Å²) in [7, 11) is 1.54. The third kappa shape index (κ3) is 62.8. The number of hydrogen-bond donors (Lipinski definition) is 3. The van der Waals surface area contributed by atoms with E-state index in [0.29, 0.717) is 17.4 Å². The van der Waals surface area contributed by atoms with Crippen LogP contribution in [0.15, 0.2) is 109 Å². The van der Waals surface area contributed by atoms with Gasteiger partial charge in [-0.25, -0.2) is 4.57 Å². The van der Waals surface area contributed by atoms with Gasteiger partial charge in [-0.05, 0) is 96.3 Å². The van der Waals surface area contributed by atoms with E-state index in [1.165, 1.54) is 180 Å². The molecule has 8 nitrogen and oxygen atoms in total. The molecular weight excluding hydrogens is 1010 g/mol. The second-order valence-corrected chi connectivity index (χ2v) is 24.9. The Morgan fingerprint density at radius 1 is 0.438 bits per heavy atom. The van der Waals surface area contributed by atoms with Crippen molar-refractivity contribution in [2.24, 2.45) is 0 Å². The Morgan fingerprint density at radius 3 is 1.15 bits per heavy atom. The lowest BCUT2D eigenvalue weighted by molar-refractivity contribution is -0.870. The normalized spacial score (nSPS) is 14.4. The van der Waals surface area contributed by atoms with Crippen molar-refractivity contribution in [2.75, 3.05) is 40.9 Å². The van der Waals surface area contributed by atoms with Gasteiger partial charge in [-0.2, -0.15) is 0 Å². The summed E-state index contributed by atoms with van der Waals surface area (Å²) in [5.74, 6) is -0.193. The molecule has 1 amide bonds. The van der Waals surface area contributed by atoms with Crippen molar-refractivity contribution in [1.29, 1.82) is 0 Å². The summed E-state index contributed by atoms with van der Waals surface area (Å²) in [5.41, 5.74) is 0. The third-order valence-electron chi connectivity index (χ3n) is 14.5. The first-order chi connectivity index (χ1) is 39.0. The van der Waals surface area contributed by atoms with Crippen molar-refractivity contribution < 1.29 is 32.9 Å². The largest absolute Gasteiger partial charge is 0.472 e. The van der Waals surface area contributed by atoms with Crippen LogP contribution in [0, 0.1) is 0 Å². The highest BCUT2D eigenvalue weighted by molar-refractivity contribution is 7.47. The number of aliphatic hydroxyl groups excluding tert-OH is 1. The molecule has 0 aliphatic carbocycles. The SMILES string of the molecule is CC/C=C\C/C=C\C/C=C\C/C=C\C/C=C\C/C=C\CCCCCCCCCCCCCCCCC(=O)NC(COP(=O)(O)OCC[N+](C)(C)C)C(O)/C=C/CC/C=C/CC/C=C/CCCCCCCCCCCCCCCCC. The summed E-state index contributed by atoms with van der Waals surface area (Å²) < 4.78 is 23.8. The number of nitrogens with one attached hydrogen (secondary N) is 1. The first kappa shape index (κ1) is 77.2. The lowest BCUT2D eigenvalue weighted by Gasteiger charge is -2.25. The molecule has 0 aliphatic rings. The molecule has 9 heteroatoms. The molecule has 0 saturated carbocycles. The van der Waals surface area contributed by atoms with E-state index in [1.54, 1.807) is 6.08 Å². The van der Waals surface area contributed by atoms with Crippen molar-refractivity contribution >= 4 is 13.7 Å². The maximum absolute atomic E-state index is 13.0. The number of allylic oxidation sites excluding steroid dienone is 17. The van der Waals surface area contributed by atoms with Gasteiger partial charge in [-0.3, -0.25) is 13.8 Å². The lowest BCUT2D eigenvalue weighted by atomic mass is 10.0. The van der Waals surface area contributed by atoms with Gasteiger partial charge < -0.3 is 19.8 Å². The van der Waals surface area contributed by atoms with E-state index in [-0.39, 0.29) is 19.1 Å². The van der Waals surface area contributed by atoms with E-state index >= 15 is 0 Å². The Labute approximate surface area is 495 Å². The van der Waals surface area contributed by atoms with Gasteiger partial charge in [-0.1, -0.05) is 290 Å². The third-order valence-corrected chi connectivity index (χ3v) is 15.4. The summed E-state index contributed by atoms with van der Waals surface area (Å²) in [6.45, 7) is 4.69. The number of likely N-dealkylation sites (N-methyl/N-ethyl adjacent to an activating group) is 1. The maximum atomic E-state index is 13.0. The number of nitrogens with zero attached hydrogens (tertiary/aromatic N) is 1. The lowest BCUT2D eigenvalue weighted by Crippen LogP contribution is -2.45. The van der Waals surface area contributed by atoms with E-state index < -0.39 is 20.0 Å². The minimum atomic E-state index is -4.37. The molecule has 0 aromatic heterocycles. The first-order valence-electron chi connectivity index (χ1n) is 33.3. The molecule has 3 atom stereocenters. The van der Waals surface area contributed by atoms with Gasteiger partial charge in [0.25, 0.3) is 0 Å². The van der Waals surface area contributed by atoms with Crippen LogP contribution in [0.3, 0.4) is 0 Å². The zero-order valence-electron chi connectivity index (χ0n) is 52.8. The molecule has 0 aromatic carbocycles. The van der Waals surface area contributed by atoms with Crippen molar-refractivity contribution in [3.63, 3.8) is 0 Å². The minimum absolute atomic E-state index is 0.0495. The molecule has 0 bridgehead atoms. The molecule has 0 aliphatic heterocycles. The predicted octanol–water partition coefficient (Wildman–Crippen LogP) is 21.1. The van der Waals surface area contributed by atoms with Crippen LogP contribution in [0.5, 0.6) is 0 Å². The molecular formula is C71H128N2O6P+. The van der Waals surface area contributed by atoms with Crippen LogP contribution < -0.4 is 5.32 Å². The van der Waals surface area contributed by atoms with Crippen LogP contribution in [-0.2, 0) is 18.4 Å². The Bertz CT molecular complexity index is 1670. The smallest absolute Gasteiger partial charge is 0.387 e. The number of aliphatic hydroxyl groups is 1. The Balaban J connectivity index is 4.18. The second-order valence-electron chi connectivity index (χ2n) is 23.4. The zero-order valence-corrected chi connectivity index (χ0v) is 53.7. The average Bonchev–Trinajstić information content (AvgIpc) is 3.42. The molecule has 462 valence electrons.